The van der Waals surface area contributed by atoms with E-state index in [9.17, 15) is 0 Å². The standard InChI is InChI=1S/C20H30N4O2/c1-6-21-19(22-12-11-15-7-9-16(25-5)10-8-15)24-14-18-23-13-17(26-18)20(2,3)4/h7-10,13H,6,11-12,14H2,1-5H3,(H2,21,22,24). The van der Waals surface area contributed by atoms with Gasteiger partial charge in [0.15, 0.2) is 5.96 Å². The predicted octanol–water partition coefficient (Wildman–Crippen LogP) is 3.28. The van der Waals surface area contributed by atoms with Gasteiger partial charge in [0.05, 0.1) is 13.3 Å². The topological polar surface area (TPSA) is 71.7 Å². The number of guanidine groups is 1. The second-order valence-corrected chi connectivity index (χ2v) is 7.09. The van der Waals surface area contributed by atoms with Crippen molar-refractivity contribution in [2.75, 3.05) is 20.2 Å². The third kappa shape index (κ3) is 6.10. The smallest absolute Gasteiger partial charge is 0.216 e. The molecule has 1 aromatic carbocycles. The van der Waals surface area contributed by atoms with E-state index in [1.165, 1.54) is 5.56 Å². The molecule has 0 bridgehead atoms. The summed E-state index contributed by atoms with van der Waals surface area (Å²) < 4.78 is 11.0. The molecule has 2 aromatic rings. The average Bonchev–Trinajstić information content (AvgIpc) is 3.10. The summed E-state index contributed by atoms with van der Waals surface area (Å²) in [6, 6.07) is 8.10. The highest BCUT2D eigenvalue weighted by molar-refractivity contribution is 5.79. The minimum atomic E-state index is -0.0456. The van der Waals surface area contributed by atoms with E-state index in [1.54, 1.807) is 13.3 Å². The van der Waals surface area contributed by atoms with Crippen LogP contribution in [0.5, 0.6) is 5.75 Å². The summed E-state index contributed by atoms with van der Waals surface area (Å²) in [5.74, 6) is 3.14. The van der Waals surface area contributed by atoms with E-state index >= 15 is 0 Å². The van der Waals surface area contributed by atoms with Gasteiger partial charge in [-0.25, -0.2) is 9.98 Å². The molecule has 1 aromatic heterocycles. The van der Waals surface area contributed by atoms with E-state index in [0.29, 0.717) is 12.4 Å². The Kier molecular flexibility index (Phi) is 7.06. The minimum Gasteiger partial charge on any atom is -0.497 e. The maximum atomic E-state index is 5.79. The summed E-state index contributed by atoms with van der Waals surface area (Å²) in [5.41, 5.74) is 1.20. The van der Waals surface area contributed by atoms with Crippen LogP contribution in [0.4, 0.5) is 0 Å². The largest absolute Gasteiger partial charge is 0.497 e. The molecular formula is C20H30N4O2. The zero-order valence-electron chi connectivity index (χ0n) is 16.4. The summed E-state index contributed by atoms with van der Waals surface area (Å²) >= 11 is 0. The van der Waals surface area contributed by atoms with Gasteiger partial charge >= 0.3 is 0 Å². The number of methoxy groups -OCH3 is 1. The molecule has 0 aliphatic heterocycles. The van der Waals surface area contributed by atoms with E-state index in [2.05, 4.69) is 53.5 Å². The van der Waals surface area contributed by atoms with Crippen LogP contribution in [0.25, 0.3) is 0 Å². The number of nitrogens with zero attached hydrogens (tertiary/aromatic N) is 2. The highest BCUT2D eigenvalue weighted by Gasteiger charge is 2.18. The summed E-state index contributed by atoms with van der Waals surface area (Å²) in [6.45, 7) is 10.4. The summed E-state index contributed by atoms with van der Waals surface area (Å²) in [7, 11) is 1.67. The molecule has 0 spiro atoms. The molecule has 2 rings (SSSR count). The van der Waals surface area contributed by atoms with Crippen molar-refractivity contribution in [3.05, 3.63) is 47.7 Å². The molecule has 0 unspecified atom stereocenters. The quantitative estimate of drug-likeness (QED) is 0.587. The van der Waals surface area contributed by atoms with Gasteiger partial charge in [-0.15, -0.1) is 0 Å². The molecule has 0 atom stereocenters. The maximum absolute atomic E-state index is 5.79. The number of hydrogen-bond donors (Lipinski definition) is 2. The predicted molar refractivity (Wildman–Crippen MR) is 105 cm³/mol. The van der Waals surface area contributed by atoms with Gasteiger partial charge in [-0.3, -0.25) is 0 Å². The number of ether oxygens (including phenoxy) is 1. The molecule has 6 heteroatoms. The monoisotopic (exact) mass is 358 g/mol. The van der Waals surface area contributed by atoms with E-state index in [1.807, 2.05) is 19.1 Å². The lowest BCUT2D eigenvalue weighted by Crippen LogP contribution is -2.38. The van der Waals surface area contributed by atoms with Crippen LogP contribution in [0, 0.1) is 0 Å². The Morgan fingerprint density at radius 1 is 1.19 bits per heavy atom. The maximum Gasteiger partial charge on any atom is 0.216 e. The van der Waals surface area contributed by atoms with Crippen molar-refractivity contribution < 1.29 is 9.15 Å². The van der Waals surface area contributed by atoms with Crippen molar-refractivity contribution in [3.8, 4) is 5.75 Å². The van der Waals surface area contributed by atoms with Crippen molar-refractivity contribution in [1.82, 2.24) is 15.6 Å². The lowest BCUT2D eigenvalue weighted by Gasteiger charge is -2.13. The van der Waals surface area contributed by atoms with Crippen LogP contribution in [0.15, 0.2) is 39.9 Å². The van der Waals surface area contributed by atoms with Crippen LogP contribution >= 0.6 is 0 Å². The number of aromatic nitrogens is 1. The van der Waals surface area contributed by atoms with Gasteiger partial charge in [-0.05, 0) is 31.0 Å². The molecule has 0 fully saturated rings. The fourth-order valence-electron chi connectivity index (χ4n) is 2.34. The normalized spacial score (nSPS) is 12.1. The van der Waals surface area contributed by atoms with Crippen LogP contribution in [-0.2, 0) is 18.4 Å². The molecule has 0 radical (unpaired) electrons. The molecule has 0 saturated heterocycles. The van der Waals surface area contributed by atoms with Gasteiger partial charge in [0, 0.05) is 18.5 Å². The lowest BCUT2D eigenvalue weighted by molar-refractivity contribution is 0.383. The molecule has 0 amide bonds. The van der Waals surface area contributed by atoms with Gasteiger partial charge in [-0.1, -0.05) is 32.9 Å². The zero-order valence-corrected chi connectivity index (χ0v) is 16.4. The average molecular weight is 358 g/mol. The fraction of sp³-hybridized carbons (Fsp3) is 0.500. The van der Waals surface area contributed by atoms with Crippen molar-refractivity contribution in [3.63, 3.8) is 0 Å². The SMILES string of the molecule is CCNC(=NCc1ncc(C(C)(C)C)o1)NCCc1ccc(OC)cc1. The van der Waals surface area contributed by atoms with Crippen LogP contribution in [0.2, 0.25) is 0 Å². The molecule has 0 aliphatic rings. The van der Waals surface area contributed by atoms with Crippen LogP contribution in [-0.4, -0.2) is 31.1 Å². The van der Waals surface area contributed by atoms with Crippen molar-refractivity contribution in [2.24, 2.45) is 4.99 Å². The first-order valence-corrected chi connectivity index (χ1v) is 9.02. The van der Waals surface area contributed by atoms with Crippen LogP contribution in [0.3, 0.4) is 0 Å². The third-order valence-electron chi connectivity index (χ3n) is 3.87. The molecule has 6 nitrogen and oxygen atoms in total. The Balaban J connectivity index is 1.88. The van der Waals surface area contributed by atoms with Gasteiger partial charge in [0.1, 0.15) is 18.1 Å². The van der Waals surface area contributed by atoms with Gasteiger partial charge in [-0.2, -0.15) is 0 Å². The number of rotatable bonds is 7. The number of oxazole rings is 1. The Labute approximate surface area is 156 Å². The summed E-state index contributed by atoms with van der Waals surface area (Å²) in [6.07, 6.45) is 2.69. The molecule has 1 heterocycles. The Hall–Kier alpha value is -2.50. The molecule has 0 aliphatic carbocycles. The first-order valence-electron chi connectivity index (χ1n) is 9.02. The van der Waals surface area contributed by atoms with Gasteiger partial charge < -0.3 is 19.8 Å². The van der Waals surface area contributed by atoms with E-state index < -0.39 is 0 Å². The van der Waals surface area contributed by atoms with Crippen LogP contribution < -0.4 is 15.4 Å². The van der Waals surface area contributed by atoms with Crippen molar-refractivity contribution in [1.29, 1.82) is 0 Å². The highest BCUT2D eigenvalue weighted by Crippen LogP contribution is 2.22. The van der Waals surface area contributed by atoms with Gasteiger partial charge in [0.2, 0.25) is 5.89 Å². The molecule has 2 N–H and O–H groups in total. The lowest BCUT2D eigenvalue weighted by atomic mass is 9.94. The number of hydrogen-bond acceptors (Lipinski definition) is 4. The molecule has 26 heavy (non-hydrogen) atoms. The second-order valence-electron chi connectivity index (χ2n) is 7.09. The first-order chi connectivity index (χ1) is 12.4. The Morgan fingerprint density at radius 3 is 2.50 bits per heavy atom. The second kappa shape index (κ2) is 9.27. The molecule has 0 saturated carbocycles. The van der Waals surface area contributed by atoms with Crippen molar-refractivity contribution in [2.45, 2.75) is 46.1 Å². The van der Waals surface area contributed by atoms with E-state index in [4.69, 9.17) is 9.15 Å². The Morgan fingerprint density at radius 2 is 1.92 bits per heavy atom. The molecular weight excluding hydrogens is 328 g/mol. The summed E-state index contributed by atoms with van der Waals surface area (Å²) in [5, 5.41) is 6.59. The number of nitrogens with one attached hydrogen (secondary N) is 2. The zero-order chi connectivity index (χ0) is 19.0. The minimum absolute atomic E-state index is 0.0456. The number of aliphatic imine (C=N–C) groups is 1. The van der Waals surface area contributed by atoms with Crippen molar-refractivity contribution >= 4 is 5.96 Å². The third-order valence-corrected chi connectivity index (χ3v) is 3.87. The number of benzene rings is 1. The van der Waals surface area contributed by atoms with Gasteiger partial charge in [0.25, 0.3) is 0 Å². The molecule has 142 valence electrons. The highest BCUT2D eigenvalue weighted by atomic mass is 16.5. The van der Waals surface area contributed by atoms with E-state index in [0.717, 1.165) is 37.0 Å². The Bertz CT molecular complexity index is 699. The van der Waals surface area contributed by atoms with Crippen LogP contribution in [0.1, 0.15) is 44.9 Å². The summed E-state index contributed by atoms with van der Waals surface area (Å²) in [4.78, 5) is 8.87. The van der Waals surface area contributed by atoms with E-state index in [-0.39, 0.29) is 5.41 Å². The fourth-order valence-corrected chi connectivity index (χ4v) is 2.34. The first kappa shape index (κ1) is 19.8.